The maximum Gasteiger partial charge on any atom is 0.240 e. The number of rotatable bonds is 5. The summed E-state index contributed by atoms with van der Waals surface area (Å²) in [6.45, 7) is 8.23. The average molecular weight is 350 g/mol. The van der Waals surface area contributed by atoms with Crippen LogP contribution in [0.2, 0.25) is 5.02 Å². The number of piperazine rings is 1. The highest BCUT2D eigenvalue weighted by Gasteiger charge is 2.42. The van der Waals surface area contributed by atoms with Gasteiger partial charge in [-0.2, -0.15) is 0 Å². The van der Waals surface area contributed by atoms with E-state index in [1.165, 1.54) is 0 Å². The van der Waals surface area contributed by atoms with Gasteiger partial charge >= 0.3 is 0 Å². The Kier molecular flexibility index (Phi) is 5.43. The van der Waals surface area contributed by atoms with E-state index < -0.39 is 0 Å². The van der Waals surface area contributed by atoms with Crippen LogP contribution in [0.15, 0.2) is 30.9 Å². The molecule has 2 fully saturated rings. The summed E-state index contributed by atoms with van der Waals surface area (Å²) in [5, 5.41) is 7.11. The summed E-state index contributed by atoms with van der Waals surface area (Å²) < 4.78 is 5.73. The first kappa shape index (κ1) is 17.3. The van der Waals surface area contributed by atoms with Gasteiger partial charge in [-0.1, -0.05) is 24.3 Å². The number of amides is 1. The number of hydrogen-bond donors (Lipinski definition) is 2. The molecule has 2 aliphatic heterocycles. The third kappa shape index (κ3) is 3.74. The normalized spacial score (nSPS) is 20.6. The minimum Gasteiger partial charge on any atom is -0.489 e. The van der Waals surface area contributed by atoms with Crippen LogP contribution in [0.4, 0.5) is 0 Å². The molecule has 1 aromatic rings. The summed E-state index contributed by atoms with van der Waals surface area (Å²) >= 11 is 6.15. The van der Waals surface area contributed by atoms with Gasteiger partial charge in [0.2, 0.25) is 5.91 Å². The molecule has 0 radical (unpaired) electrons. The summed E-state index contributed by atoms with van der Waals surface area (Å²) in [4.78, 5) is 14.6. The van der Waals surface area contributed by atoms with Gasteiger partial charge in [-0.25, -0.2) is 0 Å². The third-order valence-electron chi connectivity index (χ3n) is 4.79. The van der Waals surface area contributed by atoms with Crippen molar-refractivity contribution >= 4 is 17.5 Å². The first-order valence-corrected chi connectivity index (χ1v) is 8.78. The summed E-state index contributed by atoms with van der Waals surface area (Å²) in [6, 6.07) is 5.70. The molecule has 1 aromatic carbocycles. The molecule has 3 rings (SSSR count). The second kappa shape index (κ2) is 7.55. The monoisotopic (exact) mass is 349 g/mol. The number of piperidine rings is 1. The zero-order valence-corrected chi connectivity index (χ0v) is 14.6. The molecule has 130 valence electrons. The van der Waals surface area contributed by atoms with Crippen molar-refractivity contribution in [1.29, 1.82) is 0 Å². The minimum atomic E-state index is -0.384. The molecule has 0 aliphatic carbocycles. The molecule has 24 heavy (non-hydrogen) atoms. The van der Waals surface area contributed by atoms with Crippen LogP contribution < -0.4 is 15.4 Å². The van der Waals surface area contributed by atoms with Crippen molar-refractivity contribution in [3.8, 4) is 5.75 Å². The van der Waals surface area contributed by atoms with Gasteiger partial charge in [-0.3, -0.25) is 9.69 Å². The first-order valence-electron chi connectivity index (χ1n) is 8.41. The van der Waals surface area contributed by atoms with Gasteiger partial charge in [0, 0.05) is 43.3 Å². The van der Waals surface area contributed by atoms with Gasteiger partial charge in [-0.05, 0) is 31.0 Å². The predicted octanol–water partition coefficient (Wildman–Crippen LogP) is 1.96. The number of nitrogens with one attached hydrogen (secondary N) is 2. The molecule has 2 aliphatic rings. The summed E-state index contributed by atoms with van der Waals surface area (Å²) in [7, 11) is 0. The van der Waals surface area contributed by atoms with Crippen molar-refractivity contribution in [2.75, 3.05) is 32.8 Å². The standard InChI is InChI=1S/C18H24ClN3O2/c1-2-11-24-16-4-3-15(19)12-14(16)13-22-9-5-18(6-10-22)17(23)20-7-8-21-18/h2-4,12,21H,1,5-11,13H2,(H,20,23). The van der Waals surface area contributed by atoms with E-state index >= 15 is 0 Å². The molecular formula is C18H24ClN3O2. The lowest BCUT2D eigenvalue weighted by atomic mass is 9.85. The van der Waals surface area contributed by atoms with Crippen LogP contribution in [0.5, 0.6) is 5.75 Å². The van der Waals surface area contributed by atoms with Gasteiger partial charge in [-0.15, -0.1) is 0 Å². The second-order valence-electron chi connectivity index (χ2n) is 6.39. The molecule has 0 bridgehead atoms. The molecular weight excluding hydrogens is 326 g/mol. The van der Waals surface area contributed by atoms with E-state index in [0.29, 0.717) is 11.6 Å². The van der Waals surface area contributed by atoms with E-state index in [1.54, 1.807) is 6.08 Å². The van der Waals surface area contributed by atoms with Gasteiger partial charge < -0.3 is 15.4 Å². The molecule has 6 heteroatoms. The van der Waals surface area contributed by atoms with Crippen LogP contribution >= 0.6 is 11.6 Å². The van der Waals surface area contributed by atoms with Gasteiger partial charge in [0.15, 0.2) is 0 Å². The predicted molar refractivity (Wildman–Crippen MR) is 95.4 cm³/mol. The number of hydrogen-bond acceptors (Lipinski definition) is 4. The maximum atomic E-state index is 12.2. The number of nitrogens with zero attached hydrogens (tertiary/aromatic N) is 1. The molecule has 0 atom stereocenters. The Hall–Kier alpha value is -1.56. The molecule has 1 amide bonds. The Bertz CT molecular complexity index is 612. The van der Waals surface area contributed by atoms with Gasteiger partial charge in [0.25, 0.3) is 0 Å². The highest BCUT2D eigenvalue weighted by atomic mass is 35.5. The molecule has 2 heterocycles. The maximum absolute atomic E-state index is 12.2. The van der Waals surface area contributed by atoms with Gasteiger partial charge in [0.1, 0.15) is 17.9 Å². The summed E-state index contributed by atoms with van der Waals surface area (Å²) in [5.41, 5.74) is 0.687. The number of carbonyl (C=O) groups excluding carboxylic acids is 1. The van der Waals surface area contributed by atoms with E-state index in [-0.39, 0.29) is 11.4 Å². The van der Waals surface area contributed by atoms with Crippen molar-refractivity contribution in [3.63, 3.8) is 0 Å². The van der Waals surface area contributed by atoms with Crippen molar-refractivity contribution in [1.82, 2.24) is 15.5 Å². The summed E-state index contributed by atoms with van der Waals surface area (Å²) in [6.07, 6.45) is 3.38. The first-order chi connectivity index (χ1) is 11.6. The molecule has 0 aromatic heterocycles. The Morgan fingerprint density at radius 2 is 2.12 bits per heavy atom. The van der Waals surface area contributed by atoms with E-state index in [0.717, 1.165) is 56.9 Å². The number of carbonyl (C=O) groups is 1. The average Bonchev–Trinajstić information content (AvgIpc) is 2.59. The zero-order chi connectivity index (χ0) is 17.0. The summed E-state index contributed by atoms with van der Waals surface area (Å²) in [5.74, 6) is 0.985. The molecule has 5 nitrogen and oxygen atoms in total. The molecule has 2 saturated heterocycles. The van der Waals surface area contributed by atoms with Crippen molar-refractivity contribution in [3.05, 3.63) is 41.4 Å². The van der Waals surface area contributed by atoms with Crippen molar-refractivity contribution in [2.24, 2.45) is 0 Å². The van der Waals surface area contributed by atoms with E-state index in [4.69, 9.17) is 16.3 Å². The van der Waals surface area contributed by atoms with Crippen LogP contribution in [-0.4, -0.2) is 49.1 Å². The number of benzene rings is 1. The Morgan fingerprint density at radius 1 is 1.33 bits per heavy atom. The van der Waals surface area contributed by atoms with Crippen LogP contribution in [-0.2, 0) is 11.3 Å². The van der Waals surface area contributed by atoms with Crippen LogP contribution in [0.3, 0.4) is 0 Å². The van der Waals surface area contributed by atoms with Crippen LogP contribution in [0.25, 0.3) is 0 Å². The lowest BCUT2D eigenvalue weighted by molar-refractivity contribution is -0.131. The topological polar surface area (TPSA) is 53.6 Å². The minimum absolute atomic E-state index is 0.145. The Balaban J connectivity index is 1.64. The SMILES string of the molecule is C=CCOc1ccc(Cl)cc1CN1CCC2(CC1)NCCNC2=O. The van der Waals surface area contributed by atoms with Crippen LogP contribution in [0, 0.1) is 0 Å². The second-order valence-corrected chi connectivity index (χ2v) is 6.83. The quantitative estimate of drug-likeness (QED) is 0.798. The van der Waals surface area contributed by atoms with Crippen molar-refractivity contribution < 1.29 is 9.53 Å². The van der Waals surface area contributed by atoms with Crippen molar-refractivity contribution in [2.45, 2.75) is 24.9 Å². The lowest BCUT2D eigenvalue weighted by Gasteiger charge is -2.43. The fraction of sp³-hybridized carbons (Fsp3) is 0.500. The highest BCUT2D eigenvalue weighted by molar-refractivity contribution is 6.30. The van der Waals surface area contributed by atoms with Crippen LogP contribution in [0.1, 0.15) is 18.4 Å². The highest BCUT2D eigenvalue weighted by Crippen LogP contribution is 2.28. The van der Waals surface area contributed by atoms with E-state index in [2.05, 4.69) is 22.1 Å². The zero-order valence-electron chi connectivity index (χ0n) is 13.8. The molecule has 0 unspecified atom stereocenters. The smallest absolute Gasteiger partial charge is 0.240 e. The fourth-order valence-corrected chi connectivity index (χ4v) is 3.62. The number of halogens is 1. The molecule has 0 saturated carbocycles. The third-order valence-corrected chi connectivity index (χ3v) is 5.03. The van der Waals surface area contributed by atoms with Gasteiger partial charge in [0.05, 0.1) is 0 Å². The number of likely N-dealkylation sites (tertiary alicyclic amines) is 1. The molecule has 2 N–H and O–H groups in total. The number of ether oxygens (including phenoxy) is 1. The van der Waals surface area contributed by atoms with E-state index in [9.17, 15) is 4.79 Å². The molecule has 1 spiro atoms. The fourth-order valence-electron chi connectivity index (χ4n) is 3.43. The van der Waals surface area contributed by atoms with E-state index in [1.807, 2.05) is 18.2 Å². The lowest BCUT2D eigenvalue weighted by Crippen LogP contribution is -2.66. The largest absolute Gasteiger partial charge is 0.489 e. The Morgan fingerprint density at radius 3 is 2.83 bits per heavy atom. The Labute approximate surface area is 148 Å².